The van der Waals surface area contributed by atoms with Crippen molar-refractivity contribution in [2.75, 3.05) is 32.9 Å². The van der Waals surface area contributed by atoms with Crippen molar-refractivity contribution in [2.24, 2.45) is 35.5 Å². The van der Waals surface area contributed by atoms with Crippen LogP contribution in [0.2, 0.25) is 0 Å². The first kappa shape index (κ1) is 58.1. The van der Waals surface area contributed by atoms with E-state index in [1.807, 2.05) is 68.3 Å². The van der Waals surface area contributed by atoms with Crippen LogP contribution in [0.15, 0.2) is 65.8 Å². The van der Waals surface area contributed by atoms with E-state index in [-0.39, 0.29) is 67.3 Å². The smallest absolute Gasteiger partial charge is 0.329 e. The van der Waals surface area contributed by atoms with E-state index in [0.717, 1.165) is 11.3 Å². The Labute approximate surface area is 432 Å². The minimum Gasteiger partial charge on any atom is -0.460 e. The standard InChI is InChI=1S/C57H84N2O14/c1-33-26-37(5)51(62)53(70-10)52(63)38(6)27-34(2)47(61)32-49(35(3)28-40-20-24-46(60)50(30-40)69-9)71-56(66)45-18-14-15-25-58(45)55(65)54(64)57(67)39(7)19-21-42(72-57)31-48(68-8)36(4)29-43-22-23-44(33)59(73-43)41-16-12-11-13-17-41/h11-13,16-17,22-23,27,29,33-35,37,39-40,42-46,48-50,52-53,60,63,67H,14-15,18-21,24-26,28,30-32H2,1-10H3/b36-29+,38-27+/t33-,34+,35+,37+,39+,40-,42-,43+,44?,45-,46+,48-,49-,50+,52+,53-,57+/m0/s1. The van der Waals surface area contributed by atoms with Crippen molar-refractivity contribution in [1.82, 2.24) is 4.90 Å². The number of Topliss-reactive ketones (excluding diaryl/α,β-unsaturated/α-hetero) is 3. The summed E-state index contributed by atoms with van der Waals surface area (Å²) < 4.78 is 29.9. The Bertz CT molecular complexity index is 2150. The number of hydrogen-bond acceptors (Lipinski definition) is 15. The number of aliphatic hydroxyl groups is 3. The van der Waals surface area contributed by atoms with Gasteiger partial charge in [0, 0.05) is 58.5 Å². The zero-order chi connectivity index (χ0) is 53.3. The number of fused-ring (bicyclic) bond motifs is 16. The van der Waals surface area contributed by atoms with E-state index < -0.39 is 90.0 Å². The van der Waals surface area contributed by atoms with Crippen LogP contribution in [0.5, 0.6) is 0 Å². The van der Waals surface area contributed by atoms with Gasteiger partial charge in [0.05, 0.1) is 36.1 Å². The molecule has 3 N–H and O–H groups in total. The number of para-hydroxylation sites is 1. The lowest BCUT2D eigenvalue weighted by atomic mass is 9.78. The van der Waals surface area contributed by atoms with Crippen LogP contribution in [-0.4, -0.2) is 144 Å². The highest BCUT2D eigenvalue weighted by atomic mass is 16.7. The minimum absolute atomic E-state index is 0.0716. The Kier molecular flexibility index (Phi) is 20.8. The third kappa shape index (κ3) is 14.0. The molecule has 3 fully saturated rings. The van der Waals surface area contributed by atoms with Gasteiger partial charge in [-0.25, -0.2) is 9.86 Å². The molecule has 406 valence electrons. The lowest BCUT2D eigenvalue weighted by molar-refractivity contribution is -0.265. The molecule has 1 unspecified atom stereocenters. The van der Waals surface area contributed by atoms with E-state index in [2.05, 4.69) is 13.0 Å². The van der Waals surface area contributed by atoms with Crippen LogP contribution in [0.3, 0.4) is 0 Å². The number of piperidine rings is 1. The van der Waals surface area contributed by atoms with Gasteiger partial charge in [-0.3, -0.25) is 24.0 Å². The molecule has 4 bridgehead atoms. The second-order valence-electron chi connectivity index (χ2n) is 21.9. The lowest BCUT2D eigenvalue weighted by Gasteiger charge is -2.43. The highest BCUT2D eigenvalue weighted by molar-refractivity contribution is 6.39. The van der Waals surface area contributed by atoms with Crippen molar-refractivity contribution in [1.29, 1.82) is 0 Å². The fraction of sp³-hybridized carbons (Fsp3) is 0.702. The predicted octanol–water partition coefficient (Wildman–Crippen LogP) is 6.81. The predicted molar refractivity (Wildman–Crippen MR) is 274 cm³/mol. The summed E-state index contributed by atoms with van der Waals surface area (Å²) in [6.07, 6.45) is 6.48. The van der Waals surface area contributed by atoms with E-state index in [1.165, 1.54) is 12.0 Å². The number of hydrogen-bond donors (Lipinski definition) is 3. The molecule has 0 spiro atoms. The number of ketones is 3. The van der Waals surface area contributed by atoms with Crippen LogP contribution in [-0.2, 0) is 52.5 Å². The van der Waals surface area contributed by atoms with Gasteiger partial charge in [0.15, 0.2) is 5.78 Å². The molecule has 6 aliphatic rings. The molecule has 73 heavy (non-hydrogen) atoms. The van der Waals surface area contributed by atoms with Gasteiger partial charge in [-0.2, -0.15) is 0 Å². The second kappa shape index (κ2) is 26.1. The highest BCUT2D eigenvalue weighted by Crippen LogP contribution is 2.39. The molecule has 16 nitrogen and oxygen atoms in total. The van der Waals surface area contributed by atoms with Gasteiger partial charge in [0.25, 0.3) is 11.7 Å². The number of nitrogens with zero attached hydrogens (tertiary/aromatic N) is 2. The number of methoxy groups -OCH3 is 3. The first-order valence-electron chi connectivity index (χ1n) is 26.7. The molecule has 1 saturated carbocycles. The maximum absolute atomic E-state index is 14.5. The zero-order valence-electron chi connectivity index (χ0n) is 44.9. The molecule has 5 heterocycles. The molecule has 1 aromatic carbocycles. The molecule has 7 rings (SSSR count). The lowest BCUT2D eigenvalue weighted by Crippen LogP contribution is -2.61. The fourth-order valence-corrected chi connectivity index (χ4v) is 11.8. The molecule has 1 amide bonds. The molecule has 0 radical (unpaired) electrons. The summed E-state index contributed by atoms with van der Waals surface area (Å²) in [6.45, 7) is 12.8. The Hall–Kier alpha value is -4.13. The number of aliphatic hydroxyl groups excluding tert-OH is 2. The second-order valence-corrected chi connectivity index (χ2v) is 21.9. The van der Waals surface area contributed by atoms with Gasteiger partial charge >= 0.3 is 5.97 Å². The molecule has 16 heteroatoms. The molecule has 5 aliphatic heterocycles. The SMILES string of the molecule is CO[C@H]1C[C@@H]2CC[C@@H](C)[C@@](O)(O2)C(=O)C(=O)N2CCCC[C@H]2C(=O)O[C@H]([C@H](C)C[C@@H]2CC[C@@H](O)[C@H](OC)C2)CC(=O)[C@H](C)/C=C(\C)[C@@H](O)[C@@H](OC)C(=O)[C@H](C)C[C@H](C)C2C=C[C@H](/C=C/1C)ON2c1ccccc1. The van der Waals surface area contributed by atoms with Crippen molar-refractivity contribution < 1.29 is 67.8 Å². The van der Waals surface area contributed by atoms with Crippen LogP contribution < -0.4 is 5.06 Å². The number of carbonyl (C=O) groups is 5. The van der Waals surface area contributed by atoms with Gasteiger partial charge < -0.3 is 43.9 Å². The summed E-state index contributed by atoms with van der Waals surface area (Å²) in [5, 5.41) is 36.2. The van der Waals surface area contributed by atoms with Crippen molar-refractivity contribution in [3.63, 3.8) is 0 Å². The average Bonchev–Trinajstić information content (AvgIpc) is 3.38. The number of carbonyl (C=O) groups excluding carboxylic acids is 5. The van der Waals surface area contributed by atoms with Gasteiger partial charge in [-0.15, -0.1) is 0 Å². The van der Waals surface area contributed by atoms with Gasteiger partial charge in [0.2, 0.25) is 5.79 Å². The number of esters is 1. The van der Waals surface area contributed by atoms with E-state index in [0.29, 0.717) is 63.4 Å². The Balaban J connectivity index is 1.35. The number of benzene rings is 1. The Morgan fingerprint density at radius 3 is 2.23 bits per heavy atom. The van der Waals surface area contributed by atoms with Crippen LogP contribution in [0.1, 0.15) is 126 Å². The summed E-state index contributed by atoms with van der Waals surface area (Å²) in [5.41, 5.74) is 2.00. The first-order valence-corrected chi connectivity index (χ1v) is 26.7. The summed E-state index contributed by atoms with van der Waals surface area (Å²) in [6, 6.07) is 8.24. The van der Waals surface area contributed by atoms with Crippen molar-refractivity contribution in [2.45, 2.75) is 192 Å². The quantitative estimate of drug-likeness (QED) is 0.146. The molecular weight excluding hydrogens is 937 g/mol. The number of hydroxylamine groups is 1. The number of allylic oxidation sites excluding steroid dienone is 1. The maximum atomic E-state index is 14.5. The van der Waals surface area contributed by atoms with E-state index in [4.69, 9.17) is 28.5 Å². The maximum Gasteiger partial charge on any atom is 0.329 e. The zero-order valence-corrected chi connectivity index (χ0v) is 44.9. The number of amides is 1. The minimum atomic E-state index is -2.47. The van der Waals surface area contributed by atoms with Crippen molar-refractivity contribution in [3.05, 3.63) is 65.8 Å². The van der Waals surface area contributed by atoms with Gasteiger partial charge in [-0.1, -0.05) is 71.0 Å². The van der Waals surface area contributed by atoms with Crippen LogP contribution in [0, 0.1) is 35.5 Å². The normalized spacial score (nSPS) is 39.2. The molecular formula is C57H84N2O14. The summed E-state index contributed by atoms with van der Waals surface area (Å²) in [5.74, 6) is -8.42. The first-order chi connectivity index (χ1) is 34.7. The van der Waals surface area contributed by atoms with E-state index in [1.54, 1.807) is 41.1 Å². The van der Waals surface area contributed by atoms with Crippen LogP contribution in [0.4, 0.5) is 5.69 Å². The number of anilines is 1. The fourth-order valence-electron chi connectivity index (χ4n) is 11.8. The van der Waals surface area contributed by atoms with Gasteiger partial charge in [-0.05, 0) is 125 Å². The van der Waals surface area contributed by atoms with Crippen LogP contribution >= 0.6 is 0 Å². The average molecular weight is 1020 g/mol. The number of ether oxygens (including phenoxy) is 5. The largest absolute Gasteiger partial charge is 0.460 e. The third-order valence-electron chi connectivity index (χ3n) is 16.5. The molecule has 17 atom stereocenters. The highest BCUT2D eigenvalue weighted by Gasteiger charge is 2.53. The molecule has 1 aliphatic carbocycles. The van der Waals surface area contributed by atoms with E-state index >= 15 is 0 Å². The summed E-state index contributed by atoms with van der Waals surface area (Å²) >= 11 is 0. The molecule has 1 aromatic rings. The summed E-state index contributed by atoms with van der Waals surface area (Å²) in [7, 11) is 4.53. The summed E-state index contributed by atoms with van der Waals surface area (Å²) in [4.78, 5) is 79.7. The van der Waals surface area contributed by atoms with Crippen molar-refractivity contribution >= 4 is 34.9 Å². The molecule has 0 aromatic heterocycles. The Morgan fingerprint density at radius 2 is 1.55 bits per heavy atom. The Morgan fingerprint density at radius 1 is 0.822 bits per heavy atom. The van der Waals surface area contributed by atoms with Crippen LogP contribution in [0.25, 0.3) is 0 Å². The number of rotatable bonds is 7. The van der Waals surface area contributed by atoms with Crippen molar-refractivity contribution in [3.8, 4) is 0 Å². The monoisotopic (exact) mass is 1020 g/mol. The van der Waals surface area contributed by atoms with E-state index in [9.17, 15) is 39.3 Å². The third-order valence-corrected chi connectivity index (χ3v) is 16.5. The topological polar surface area (TPSA) is 208 Å². The van der Waals surface area contributed by atoms with Gasteiger partial charge in [0.1, 0.15) is 36.2 Å². The molecule has 2 saturated heterocycles.